The Morgan fingerprint density at radius 3 is 1.10 bits per heavy atom. The number of aromatic nitrogens is 6. The average Bonchev–Trinajstić information content (AvgIpc) is 3.68. The first-order valence-electron chi connectivity index (χ1n) is 14.1. The van der Waals surface area contributed by atoms with Crippen LogP contribution in [0.25, 0.3) is 34.2 Å². The predicted molar refractivity (Wildman–Crippen MR) is 163 cm³/mol. The van der Waals surface area contributed by atoms with Crippen molar-refractivity contribution in [3.63, 3.8) is 0 Å². The van der Waals surface area contributed by atoms with E-state index in [9.17, 15) is 0 Å². The molecule has 0 unspecified atom stereocenters. The minimum absolute atomic E-state index is 0.696. The maximum absolute atomic E-state index is 5.03. The third-order valence-electron chi connectivity index (χ3n) is 7.25. The molecule has 0 N–H and O–H groups in total. The van der Waals surface area contributed by atoms with Crippen LogP contribution in [0.1, 0.15) is 11.1 Å². The van der Waals surface area contributed by atoms with E-state index in [4.69, 9.17) is 10.2 Å². The van der Waals surface area contributed by atoms with Gasteiger partial charge in [0.1, 0.15) is 24.5 Å². The zero-order valence-corrected chi connectivity index (χ0v) is 23.1. The Morgan fingerprint density at radius 1 is 0.405 bits per heavy atom. The minimum atomic E-state index is 0.696. The highest BCUT2D eigenvalue weighted by molar-refractivity contribution is 5.61. The quantitative estimate of drug-likeness (QED) is 0.217. The number of para-hydroxylation sites is 2. The van der Waals surface area contributed by atoms with Crippen LogP contribution in [0.15, 0.2) is 158 Å². The van der Waals surface area contributed by atoms with Crippen LogP contribution in [0.4, 0.5) is 0 Å². The fourth-order valence-electron chi connectivity index (χ4n) is 5.18. The van der Waals surface area contributed by atoms with Crippen molar-refractivity contribution in [2.45, 2.75) is 13.1 Å². The molecule has 0 saturated carbocycles. The Morgan fingerprint density at radius 2 is 0.738 bits per heavy atom. The minimum Gasteiger partial charge on any atom is -0.196 e. The van der Waals surface area contributed by atoms with Crippen LogP contribution in [0, 0.1) is 0 Å². The smallest absolute Gasteiger partial charge is 0.196 e. The summed E-state index contributed by atoms with van der Waals surface area (Å²) in [5, 5.41) is 10.1. The number of hydrogen-bond acceptors (Lipinski definition) is 2. The highest BCUT2D eigenvalue weighted by Crippen LogP contribution is 2.22. The lowest BCUT2D eigenvalue weighted by atomic mass is 10.1. The highest BCUT2D eigenvalue weighted by Gasteiger charge is 2.24. The van der Waals surface area contributed by atoms with E-state index < -0.39 is 0 Å². The van der Waals surface area contributed by atoms with Crippen molar-refractivity contribution < 1.29 is 9.13 Å². The van der Waals surface area contributed by atoms with E-state index in [1.165, 1.54) is 11.1 Å². The second-order valence-electron chi connectivity index (χ2n) is 10.2. The summed E-state index contributed by atoms with van der Waals surface area (Å²) in [4.78, 5) is 0. The van der Waals surface area contributed by atoms with Crippen molar-refractivity contribution in [3.8, 4) is 34.2 Å². The average molecular weight is 547 g/mol. The van der Waals surface area contributed by atoms with Gasteiger partial charge in [0.05, 0.1) is 11.1 Å². The molecule has 0 amide bonds. The van der Waals surface area contributed by atoms with Crippen LogP contribution in [0.2, 0.25) is 0 Å². The highest BCUT2D eigenvalue weighted by atomic mass is 15.4. The van der Waals surface area contributed by atoms with E-state index in [1.807, 2.05) is 33.6 Å². The van der Waals surface area contributed by atoms with Gasteiger partial charge in [-0.3, -0.25) is 0 Å². The summed E-state index contributed by atoms with van der Waals surface area (Å²) in [7, 11) is 0. The van der Waals surface area contributed by atoms with Gasteiger partial charge in [-0.05, 0) is 59.7 Å². The van der Waals surface area contributed by atoms with E-state index in [0.717, 1.165) is 34.2 Å². The Bertz CT molecular complexity index is 1750. The molecular weight excluding hydrogens is 516 g/mol. The lowest BCUT2D eigenvalue weighted by molar-refractivity contribution is -0.585. The molecule has 7 aromatic rings. The van der Waals surface area contributed by atoms with Gasteiger partial charge < -0.3 is 0 Å². The third-order valence-corrected chi connectivity index (χ3v) is 7.25. The van der Waals surface area contributed by atoms with Crippen LogP contribution in [-0.2, 0) is 13.1 Å². The molecule has 0 atom stereocenters. The summed E-state index contributed by atoms with van der Waals surface area (Å²) in [5.41, 5.74) is 6.61. The second-order valence-corrected chi connectivity index (χ2v) is 10.2. The number of rotatable bonds is 8. The Labute approximate surface area is 245 Å². The van der Waals surface area contributed by atoms with Crippen molar-refractivity contribution >= 4 is 0 Å². The van der Waals surface area contributed by atoms with Gasteiger partial charge in [-0.1, -0.05) is 97.1 Å². The summed E-state index contributed by atoms with van der Waals surface area (Å²) >= 11 is 0. The van der Waals surface area contributed by atoms with Gasteiger partial charge >= 0.3 is 11.6 Å². The molecule has 6 heteroatoms. The molecule has 0 fully saturated rings. The van der Waals surface area contributed by atoms with Crippen molar-refractivity contribution in [1.82, 2.24) is 19.6 Å². The van der Waals surface area contributed by atoms with Gasteiger partial charge in [-0.2, -0.15) is 9.13 Å². The molecule has 0 aliphatic rings. The van der Waals surface area contributed by atoms with Crippen LogP contribution >= 0.6 is 0 Å². The molecule has 5 aromatic carbocycles. The van der Waals surface area contributed by atoms with E-state index in [-0.39, 0.29) is 0 Å². The SMILES string of the molecule is c1ccc(Cn2c[n+](-c3ccccc3)c(-c3ccc(-c4nn(Cc5ccccc5)c[n+]4-c4ccccc4)cc3)n2)cc1. The summed E-state index contributed by atoms with van der Waals surface area (Å²) in [6.45, 7) is 1.39. The maximum Gasteiger partial charge on any atom is 0.313 e. The lowest BCUT2D eigenvalue weighted by Gasteiger charge is -2.02. The van der Waals surface area contributed by atoms with Crippen LogP contribution in [-0.4, -0.2) is 19.6 Å². The molecule has 2 heterocycles. The van der Waals surface area contributed by atoms with E-state index >= 15 is 0 Å². The molecule has 7 rings (SSSR count). The molecule has 0 spiro atoms. The van der Waals surface area contributed by atoms with Gasteiger partial charge in [-0.25, -0.2) is 0 Å². The molecule has 202 valence electrons. The summed E-state index contributed by atoms with van der Waals surface area (Å²) in [6, 6.07) is 50.1. The first kappa shape index (κ1) is 25.4. The van der Waals surface area contributed by atoms with Gasteiger partial charge in [0.25, 0.3) is 0 Å². The maximum atomic E-state index is 5.03. The molecule has 0 saturated heterocycles. The fraction of sp³-hybridized carbons (Fsp3) is 0.0556. The van der Waals surface area contributed by atoms with Crippen LogP contribution in [0.5, 0.6) is 0 Å². The van der Waals surface area contributed by atoms with Gasteiger partial charge in [0.15, 0.2) is 0 Å². The number of nitrogens with zero attached hydrogens (tertiary/aromatic N) is 6. The van der Waals surface area contributed by atoms with E-state index in [2.05, 4.69) is 143 Å². The predicted octanol–water partition coefficient (Wildman–Crippen LogP) is 6.06. The van der Waals surface area contributed by atoms with Crippen molar-refractivity contribution in [2.24, 2.45) is 0 Å². The molecule has 6 nitrogen and oxygen atoms in total. The van der Waals surface area contributed by atoms with Crippen molar-refractivity contribution in [2.75, 3.05) is 0 Å². The molecule has 0 radical (unpaired) electrons. The monoisotopic (exact) mass is 546 g/mol. The largest absolute Gasteiger partial charge is 0.313 e. The van der Waals surface area contributed by atoms with Gasteiger partial charge in [-0.15, -0.1) is 9.36 Å². The fourth-order valence-corrected chi connectivity index (χ4v) is 5.18. The second kappa shape index (κ2) is 11.5. The van der Waals surface area contributed by atoms with Gasteiger partial charge in [0, 0.05) is 10.2 Å². The zero-order chi connectivity index (χ0) is 28.1. The van der Waals surface area contributed by atoms with E-state index in [1.54, 1.807) is 0 Å². The Balaban J connectivity index is 1.26. The van der Waals surface area contributed by atoms with Crippen LogP contribution < -0.4 is 9.13 Å². The summed E-state index contributed by atoms with van der Waals surface area (Å²) in [5.74, 6) is 1.77. The first-order chi connectivity index (χ1) is 20.8. The van der Waals surface area contributed by atoms with Crippen LogP contribution in [0.3, 0.4) is 0 Å². The lowest BCUT2D eigenvalue weighted by Crippen LogP contribution is -2.31. The molecular formula is C36H30N6+2. The molecule has 0 bridgehead atoms. The normalized spacial score (nSPS) is 11.0. The Kier molecular flexibility index (Phi) is 6.92. The van der Waals surface area contributed by atoms with Crippen molar-refractivity contribution in [1.29, 1.82) is 0 Å². The molecule has 42 heavy (non-hydrogen) atoms. The molecule has 2 aromatic heterocycles. The topological polar surface area (TPSA) is 43.4 Å². The van der Waals surface area contributed by atoms with E-state index in [0.29, 0.717) is 13.1 Å². The van der Waals surface area contributed by atoms with Gasteiger partial charge in [0.2, 0.25) is 12.7 Å². The first-order valence-corrected chi connectivity index (χ1v) is 14.1. The number of benzene rings is 5. The summed E-state index contributed by atoms with van der Waals surface area (Å²) in [6.07, 6.45) is 4.14. The third kappa shape index (κ3) is 5.38. The Hall–Kier alpha value is -5.62. The summed E-state index contributed by atoms with van der Waals surface area (Å²) < 4.78 is 8.30. The number of hydrogen-bond donors (Lipinski definition) is 0. The van der Waals surface area contributed by atoms with Crippen molar-refractivity contribution in [3.05, 3.63) is 169 Å². The molecule has 0 aliphatic heterocycles. The molecule has 0 aliphatic carbocycles. The zero-order valence-electron chi connectivity index (χ0n) is 23.1. The standard InChI is InChI=1S/C36H30N6/c1-5-13-29(14-6-1)25-39-27-41(33-17-9-3-10-18-33)35(37-39)31-21-23-32(24-22-31)36-38-40(26-30-15-7-2-8-16-30)28-42(36)34-19-11-4-12-20-34/h1-24,27-28H,25-26H2/q+2.